The Bertz CT molecular complexity index is 726. The summed E-state index contributed by atoms with van der Waals surface area (Å²) in [5, 5.41) is 15.7. The molecule has 20 heavy (non-hydrogen) atoms. The van der Waals surface area contributed by atoms with Crippen molar-refractivity contribution in [2.75, 3.05) is 0 Å². The normalized spacial score (nSPS) is 14.6. The van der Waals surface area contributed by atoms with Gasteiger partial charge in [-0.3, -0.25) is 0 Å². The molecular formula is C15H17N5. The highest BCUT2D eigenvalue weighted by Crippen LogP contribution is 2.32. The van der Waals surface area contributed by atoms with Crippen LogP contribution in [0.5, 0.6) is 0 Å². The van der Waals surface area contributed by atoms with Gasteiger partial charge in [-0.25, -0.2) is 0 Å². The van der Waals surface area contributed by atoms with Crippen LogP contribution in [0.2, 0.25) is 0 Å². The van der Waals surface area contributed by atoms with Gasteiger partial charge in [-0.15, -0.1) is 10.2 Å². The van der Waals surface area contributed by atoms with Crippen LogP contribution in [0.3, 0.4) is 0 Å². The molecule has 0 fully saturated rings. The number of fused-ring (bicyclic) bond motifs is 3. The Balaban J connectivity index is 1.77. The fourth-order valence-corrected chi connectivity index (χ4v) is 3.34. The molecule has 0 bridgehead atoms. The minimum absolute atomic E-state index is 0.785. The molecule has 2 heterocycles. The quantitative estimate of drug-likeness (QED) is 0.792. The van der Waals surface area contributed by atoms with Gasteiger partial charge in [0.1, 0.15) is 0 Å². The number of para-hydroxylation sites is 1. The van der Waals surface area contributed by atoms with Gasteiger partial charge >= 0.3 is 0 Å². The third-order valence-corrected chi connectivity index (χ3v) is 4.23. The lowest BCUT2D eigenvalue weighted by Gasteiger charge is -2.15. The third-order valence-electron chi connectivity index (χ3n) is 4.23. The maximum absolute atomic E-state index is 4.05. The zero-order valence-corrected chi connectivity index (χ0v) is 11.3. The number of rotatable bonds is 3. The van der Waals surface area contributed by atoms with Crippen molar-refractivity contribution in [3.63, 3.8) is 0 Å². The second-order valence-electron chi connectivity index (χ2n) is 5.38. The number of tetrazole rings is 1. The fourth-order valence-electron chi connectivity index (χ4n) is 3.34. The highest BCUT2D eigenvalue weighted by molar-refractivity contribution is 5.85. The summed E-state index contributed by atoms with van der Waals surface area (Å²) in [7, 11) is 0. The monoisotopic (exact) mass is 267 g/mol. The number of H-pyrrole nitrogens is 1. The van der Waals surface area contributed by atoms with Gasteiger partial charge in [0.05, 0.1) is 0 Å². The van der Waals surface area contributed by atoms with Crippen LogP contribution in [0.1, 0.15) is 29.9 Å². The molecule has 0 aliphatic heterocycles. The maximum atomic E-state index is 4.05. The predicted molar refractivity (Wildman–Crippen MR) is 76.5 cm³/mol. The summed E-state index contributed by atoms with van der Waals surface area (Å²) in [6.45, 7) is 0.926. The van der Waals surface area contributed by atoms with Crippen molar-refractivity contribution in [1.82, 2.24) is 25.2 Å². The Labute approximate surface area is 117 Å². The fraction of sp³-hybridized carbons (Fsp3) is 0.400. The summed E-state index contributed by atoms with van der Waals surface area (Å²) in [6.07, 6.45) is 5.83. The molecule has 1 aliphatic rings. The SMILES string of the molecule is c1ccc2c(c1)c1c(n2CCc2nn[nH]n2)CCCC1. The number of aryl methyl sites for hydroxylation is 3. The van der Waals surface area contributed by atoms with E-state index < -0.39 is 0 Å². The van der Waals surface area contributed by atoms with E-state index in [0.717, 1.165) is 18.8 Å². The molecule has 0 spiro atoms. The molecule has 0 saturated heterocycles. The van der Waals surface area contributed by atoms with Crippen molar-refractivity contribution >= 4 is 10.9 Å². The van der Waals surface area contributed by atoms with Crippen molar-refractivity contribution < 1.29 is 0 Å². The minimum Gasteiger partial charge on any atom is -0.344 e. The molecule has 102 valence electrons. The predicted octanol–water partition coefficient (Wildman–Crippen LogP) is 2.28. The topological polar surface area (TPSA) is 59.4 Å². The van der Waals surface area contributed by atoms with Gasteiger partial charge in [0, 0.05) is 29.6 Å². The van der Waals surface area contributed by atoms with E-state index in [0.29, 0.717) is 0 Å². The first-order chi connectivity index (χ1) is 9.93. The van der Waals surface area contributed by atoms with Crippen molar-refractivity contribution in [3.05, 3.63) is 41.3 Å². The molecule has 0 unspecified atom stereocenters. The Hall–Kier alpha value is -2.17. The van der Waals surface area contributed by atoms with Crippen LogP contribution in [0, 0.1) is 0 Å². The summed E-state index contributed by atoms with van der Waals surface area (Å²) in [6, 6.07) is 8.74. The van der Waals surface area contributed by atoms with Crippen LogP contribution < -0.4 is 0 Å². The zero-order valence-electron chi connectivity index (χ0n) is 11.3. The second kappa shape index (κ2) is 4.74. The van der Waals surface area contributed by atoms with Crippen molar-refractivity contribution in [2.45, 2.75) is 38.6 Å². The Kier molecular flexibility index (Phi) is 2.76. The Morgan fingerprint density at radius 1 is 1.15 bits per heavy atom. The Morgan fingerprint density at radius 3 is 2.95 bits per heavy atom. The number of aromatic nitrogens is 5. The van der Waals surface area contributed by atoms with E-state index in [1.54, 1.807) is 5.56 Å². The number of benzene rings is 1. The summed E-state index contributed by atoms with van der Waals surface area (Å²) in [5.41, 5.74) is 4.42. The summed E-state index contributed by atoms with van der Waals surface area (Å²) in [5.74, 6) is 0.785. The highest BCUT2D eigenvalue weighted by atomic mass is 15.5. The first-order valence-electron chi connectivity index (χ1n) is 7.25. The Morgan fingerprint density at radius 2 is 2.05 bits per heavy atom. The van der Waals surface area contributed by atoms with Crippen LogP contribution in [0.15, 0.2) is 24.3 Å². The minimum atomic E-state index is 0.785. The maximum Gasteiger partial charge on any atom is 0.176 e. The van der Waals surface area contributed by atoms with Gasteiger partial charge in [0.15, 0.2) is 5.82 Å². The van der Waals surface area contributed by atoms with E-state index in [4.69, 9.17) is 0 Å². The van der Waals surface area contributed by atoms with Crippen LogP contribution in [-0.4, -0.2) is 25.2 Å². The molecule has 1 aromatic carbocycles. The van der Waals surface area contributed by atoms with Crippen LogP contribution in [0.4, 0.5) is 0 Å². The van der Waals surface area contributed by atoms with Crippen LogP contribution in [0.25, 0.3) is 10.9 Å². The first-order valence-corrected chi connectivity index (χ1v) is 7.25. The molecule has 0 atom stereocenters. The largest absolute Gasteiger partial charge is 0.344 e. The molecule has 4 rings (SSSR count). The molecule has 0 amide bonds. The van der Waals surface area contributed by atoms with Crippen LogP contribution >= 0.6 is 0 Å². The lowest BCUT2D eigenvalue weighted by molar-refractivity contribution is 0.605. The van der Waals surface area contributed by atoms with E-state index in [9.17, 15) is 0 Å². The first kappa shape index (κ1) is 11.6. The van der Waals surface area contributed by atoms with Gasteiger partial charge in [0.2, 0.25) is 0 Å². The van der Waals surface area contributed by atoms with Crippen molar-refractivity contribution in [3.8, 4) is 0 Å². The van der Waals surface area contributed by atoms with Crippen molar-refractivity contribution in [2.24, 2.45) is 0 Å². The molecule has 5 heteroatoms. The van der Waals surface area contributed by atoms with Crippen molar-refractivity contribution in [1.29, 1.82) is 0 Å². The number of aromatic amines is 1. The van der Waals surface area contributed by atoms with Gasteiger partial charge in [-0.2, -0.15) is 5.21 Å². The number of nitrogens with zero attached hydrogens (tertiary/aromatic N) is 4. The molecule has 0 radical (unpaired) electrons. The molecule has 0 saturated carbocycles. The molecule has 1 aliphatic carbocycles. The van der Waals surface area contributed by atoms with Gasteiger partial charge in [-0.1, -0.05) is 23.4 Å². The summed E-state index contributed by atoms with van der Waals surface area (Å²) in [4.78, 5) is 0. The summed E-state index contributed by atoms with van der Waals surface area (Å²) >= 11 is 0. The molecule has 1 N–H and O–H groups in total. The average molecular weight is 267 g/mol. The van der Waals surface area contributed by atoms with Gasteiger partial charge in [0.25, 0.3) is 0 Å². The number of hydrogen-bond donors (Lipinski definition) is 1. The molecule has 3 aromatic rings. The van der Waals surface area contributed by atoms with E-state index in [-0.39, 0.29) is 0 Å². The average Bonchev–Trinajstić information content (AvgIpc) is 3.11. The number of nitrogens with one attached hydrogen (secondary N) is 1. The van der Waals surface area contributed by atoms with Gasteiger partial charge < -0.3 is 4.57 Å². The molecular weight excluding hydrogens is 250 g/mol. The van der Waals surface area contributed by atoms with E-state index in [2.05, 4.69) is 49.5 Å². The van der Waals surface area contributed by atoms with Gasteiger partial charge in [-0.05, 0) is 37.3 Å². The molecule has 5 nitrogen and oxygen atoms in total. The standard InChI is InChI=1S/C15H17N5/c1-3-7-13-11(5-1)12-6-2-4-8-14(12)20(13)10-9-15-16-18-19-17-15/h1,3,5,7H,2,4,6,8-10H2,(H,16,17,18,19). The highest BCUT2D eigenvalue weighted by Gasteiger charge is 2.19. The summed E-state index contributed by atoms with van der Waals surface area (Å²) < 4.78 is 2.46. The van der Waals surface area contributed by atoms with Crippen LogP contribution in [-0.2, 0) is 25.8 Å². The third kappa shape index (κ3) is 1.81. The van der Waals surface area contributed by atoms with E-state index in [1.807, 2.05) is 0 Å². The lowest BCUT2D eigenvalue weighted by atomic mass is 9.95. The molecule has 2 aromatic heterocycles. The zero-order chi connectivity index (χ0) is 13.4. The lowest BCUT2D eigenvalue weighted by Crippen LogP contribution is -2.10. The smallest absolute Gasteiger partial charge is 0.176 e. The number of hydrogen-bond acceptors (Lipinski definition) is 3. The van der Waals surface area contributed by atoms with E-state index >= 15 is 0 Å². The van der Waals surface area contributed by atoms with E-state index in [1.165, 1.54) is 42.3 Å². The second-order valence-corrected chi connectivity index (χ2v) is 5.38.